The molecule has 1 aliphatic carbocycles. The van der Waals surface area contributed by atoms with E-state index >= 15 is 0 Å². The predicted molar refractivity (Wildman–Crippen MR) is 131 cm³/mol. The summed E-state index contributed by atoms with van der Waals surface area (Å²) in [6.45, 7) is 7.91. The average Bonchev–Trinajstić information content (AvgIpc) is 3.31. The molecular weight excluding hydrogens is 466 g/mol. The molecule has 4 rings (SSSR count). The Labute approximate surface area is 202 Å². The summed E-state index contributed by atoms with van der Waals surface area (Å²) in [6, 6.07) is 18.2. The van der Waals surface area contributed by atoms with Gasteiger partial charge in [-0.05, 0) is 66.9 Å². The number of allylic oxidation sites excluding steroid dienone is 1. The van der Waals surface area contributed by atoms with Gasteiger partial charge in [0.25, 0.3) is 0 Å². The number of nitriles is 1. The molecule has 1 saturated carbocycles. The molecule has 0 bridgehead atoms. The number of halogens is 4. The van der Waals surface area contributed by atoms with Gasteiger partial charge < -0.3 is 5.32 Å². The Morgan fingerprint density at radius 2 is 1.78 bits per heavy atom. The van der Waals surface area contributed by atoms with Crippen molar-refractivity contribution in [3.63, 3.8) is 0 Å². The third-order valence-electron chi connectivity index (χ3n) is 5.71. The van der Waals surface area contributed by atoms with Crippen LogP contribution in [0.3, 0.4) is 0 Å². The lowest BCUT2D eigenvalue weighted by atomic mass is 9.98. The zero-order valence-electron chi connectivity index (χ0n) is 17.5. The van der Waals surface area contributed by atoms with Gasteiger partial charge in [0.2, 0.25) is 0 Å². The van der Waals surface area contributed by atoms with E-state index in [1.165, 1.54) is 12.1 Å². The maximum Gasteiger partial charge on any atom is 0.134 e. The summed E-state index contributed by atoms with van der Waals surface area (Å²) < 4.78 is 12.8. The topological polar surface area (TPSA) is 35.8 Å². The lowest BCUT2D eigenvalue weighted by Crippen LogP contribution is -2.04. The van der Waals surface area contributed by atoms with Crippen LogP contribution in [0, 0.1) is 36.9 Å². The second-order valence-corrected chi connectivity index (χ2v) is 10.0. The minimum absolute atomic E-state index is 0.269. The molecule has 2 unspecified atom stereocenters. The predicted octanol–water partition coefficient (Wildman–Crippen LogP) is 8.15. The minimum atomic E-state index is -1.08. The highest BCUT2D eigenvalue weighted by Gasteiger charge is 2.65. The molecule has 0 aromatic heterocycles. The summed E-state index contributed by atoms with van der Waals surface area (Å²) in [6.07, 6.45) is 0. The van der Waals surface area contributed by atoms with Crippen LogP contribution in [0.25, 0.3) is 11.1 Å². The van der Waals surface area contributed by atoms with E-state index in [1.54, 1.807) is 6.07 Å². The van der Waals surface area contributed by atoms with Gasteiger partial charge in [0, 0.05) is 39.4 Å². The first-order valence-corrected chi connectivity index (χ1v) is 11.2. The van der Waals surface area contributed by atoms with E-state index in [-0.39, 0.29) is 17.7 Å². The number of alkyl halides is 2. The van der Waals surface area contributed by atoms with Crippen molar-refractivity contribution in [1.29, 1.82) is 5.26 Å². The van der Waals surface area contributed by atoms with Crippen LogP contribution >= 0.6 is 34.8 Å². The van der Waals surface area contributed by atoms with Gasteiger partial charge in [0.1, 0.15) is 10.2 Å². The maximum atomic E-state index is 13.9. The lowest BCUT2D eigenvalue weighted by molar-refractivity contribution is 0.624. The van der Waals surface area contributed by atoms with E-state index in [0.717, 1.165) is 33.5 Å². The van der Waals surface area contributed by atoms with Gasteiger partial charge in [-0.15, -0.1) is 23.2 Å². The summed E-state index contributed by atoms with van der Waals surface area (Å²) in [4.78, 5) is 0. The molecule has 0 heterocycles. The highest BCUT2D eigenvalue weighted by Crippen LogP contribution is 2.67. The van der Waals surface area contributed by atoms with Crippen LogP contribution in [0.15, 0.2) is 66.9 Å². The van der Waals surface area contributed by atoms with Crippen molar-refractivity contribution in [2.45, 2.75) is 24.1 Å². The van der Waals surface area contributed by atoms with Gasteiger partial charge in [-0.2, -0.15) is 5.26 Å². The van der Waals surface area contributed by atoms with Crippen molar-refractivity contribution < 1.29 is 4.39 Å². The molecule has 0 aliphatic heterocycles. The molecule has 0 amide bonds. The normalized spacial score (nSPS) is 18.7. The van der Waals surface area contributed by atoms with E-state index in [9.17, 15) is 9.65 Å². The fourth-order valence-corrected chi connectivity index (χ4v) is 5.29. The first kappa shape index (κ1) is 22.7. The van der Waals surface area contributed by atoms with Crippen molar-refractivity contribution in [2.75, 3.05) is 5.32 Å². The zero-order chi connectivity index (χ0) is 23.2. The molecule has 32 heavy (non-hydrogen) atoms. The summed E-state index contributed by atoms with van der Waals surface area (Å²) in [5, 5.41) is 13.4. The Bertz CT molecular complexity index is 1260. The van der Waals surface area contributed by atoms with E-state index in [1.807, 2.05) is 50.2 Å². The number of hydrogen-bond acceptors (Lipinski definition) is 2. The van der Waals surface area contributed by atoms with Crippen LogP contribution in [0.1, 0.15) is 28.2 Å². The molecule has 2 nitrogen and oxygen atoms in total. The van der Waals surface area contributed by atoms with E-state index in [2.05, 4.69) is 18.0 Å². The number of nitrogens with one attached hydrogen (secondary N) is 1. The van der Waals surface area contributed by atoms with E-state index in [4.69, 9.17) is 34.8 Å². The summed E-state index contributed by atoms with van der Waals surface area (Å²) in [5.41, 5.74) is 5.95. The second kappa shape index (κ2) is 8.45. The van der Waals surface area contributed by atoms with Crippen LogP contribution in [-0.2, 0) is 0 Å². The van der Waals surface area contributed by atoms with Crippen molar-refractivity contribution in [1.82, 2.24) is 0 Å². The molecule has 162 valence electrons. The molecule has 0 saturated heterocycles. The molecule has 6 heteroatoms. The number of nitrogens with zero attached hydrogens (tertiary/aromatic N) is 1. The highest BCUT2D eigenvalue weighted by molar-refractivity contribution is 6.52. The number of anilines is 1. The highest BCUT2D eigenvalue weighted by atomic mass is 35.5. The van der Waals surface area contributed by atoms with E-state index < -0.39 is 4.33 Å². The number of hydrogen-bond donors (Lipinski definition) is 1. The fourth-order valence-electron chi connectivity index (χ4n) is 4.18. The van der Waals surface area contributed by atoms with Crippen LogP contribution in [-0.4, -0.2) is 4.33 Å². The summed E-state index contributed by atoms with van der Waals surface area (Å²) in [5.74, 6) is -0.878. The average molecular weight is 486 g/mol. The Balaban J connectivity index is 1.61. The summed E-state index contributed by atoms with van der Waals surface area (Å²) in [7, 11) is 0. The smallest absolute Gasteiger partial charge is 0.134 e. The lowest BCUT2D eigenvalue weighted by Gasteiger charge is -2.14. The minimum Gasteiger partial charge on any atom is -0.359 e. The molecular formula is C26H20Cl3FN2. The summed E-state index contributed by atoms with van der Waals surface area (Å²) >= 11 is 19.6. The van der Waals surface area contributed by atoms with Crippen molar-refractivity contribution in [3.05, 3.63) is 100.0 Å². The molecule has 1 N–H and O–H groups in total. The molecule has 2 atom stereocenters. The Morgan fingerprint density at radius 3 is 2.47 bits per heavy atom. The molecule has 1 aliphatic rings. The molecule has 1 fully saturated rings. The van der Waals surface area contributed by atoms with E-state index in [0.29, 0.717) is 16.3 Å². The quantitative estimate of drug-likeness (QED) is 0.370. The van der Waals surface area contributed by atoms with Crippen LogP contribution in [0.2, 0.25) is 5.02 Å². The van der Waals surface area contributed by atoms with Gasteiger partial charge >= 0.3 is 0 Å². The van der Waals surface area contributed by atoms with Crippen LogP contribution in [0.5, 0.6) is 0 Å². The second-order valence-electron chi connectivity index (χ2n) is 8.20. The maximum absolute atomic E-state index is 13.9. The zero-order valence-corrected chi connectivity index (χ0v) is 19.8. The number of aryl methyl sites for hydroxylation is 2. The van der Waals surface area contributed by atoms with Crippen LogP contribution < -0.4 is 5.32 Å². The molecule has 0 radical (unpaired) electrons. The monoisotopic (exact) mass is 484 g/mol. The standard InChI is InChI=1S/C26H20Cl3FN2/c1-14-4-6-21(18(8-14)13-31)22-12-20(5-7-23(22)27)32-16(3)24-25(26(24,28)29)17-9-15(2)10-19(30)11-17/h4-12,24-25,32H,3H2,1-2H3. The van der Waals surface area contributed by atoms with Crippen molar-refractivity contribution in [3.8, 4) is 17.2 Å². The molecule has 0 spiro atoms. The van der Waals surface area contributed by atoms with Crippen LogP contribution in [0.4, 0.5) is 10.1 Å². The SMILES string of the molecule is C=C(Nc1ccc(Cl)c(-c2ccc(C)cc2C#N)c1)C1C(c2cc(C)cc(F)c2)C1(Cl)Cl. The van der Waals surface area contributed by atoms with Gasteiger partial charge in [-0.25, -0.2) is 4.39 Å². The molecule has 3 aromatic carbocycles. The van der Waals surface area contributed by atoms with Gasteiger partial charge in [0.05, 0.1) is 11.6 Å². The van der Waals surface area contributed by atoms with Gasteiger partial charge in [-0.1, -0.05) is 36.4 Å². The van der Waals surface area contributed by atoms with Crippen molar-refractivity contribution >= 4 is 40.5 Å². The first-order chi connectivity index (χ1) is 15.1. The third kappa shape index (κ3) is 4.24. The largest absolute Gasteiger partial charge is 0.359 e. The number of rotatable bonds is 5. The molecule has 3 aromatic rings. The van der Waals surface area contributed by atoms with Crippen molar-refractivity contribution in [2.24, 2.45) is 5.92 Å². The Hall–Kier alpha value is -2.51. The first-order valence-electron chi connectivity index (χ1n) is 10.0. The fraction of sp³-hybridized carbons (Fsp3) is 0.192. The third-order valence-corrected chi connectivity index (χ3v) is 6.98. The Kier molecular flexibility index (Phi) is 5.98. The van der Waals surface area contributed by atoms with Gasteiger partial charge in [0.15, 0.2) is 0 Å². The number of benzene rings is 3. The Morgan fingerprint density at radius 1 is 1.03 bits per heavy atom. The van der Waals surface area contributed by atoms with Gasteiger partial charge in [-0.3, -0.25) is 0 Å².